The van der Waals surface area contributed by atoms with E-state index in [9.17, 15) is 0 Å². The second kappa shape index (κ2) is 4.26. The Labute approximate surface area is 107 Å². The molecule has 0 atom stereocenters. The highest BCUT2D eigenvalue weighted by Gasteiger charge is 2.02. The Hall–Kier alpha value is -2.15. The second-order valence-corrected chi connectivity index (χ2v) is 4.68. The number of aromatic nitrogens is 1. The lowest BCUT2D eigenvalue weighted by Gasteiger charge is -2.08. The largest absolute Gasteiger partial charge is 0.265 e. The number of fused-ring (bicyclic) bond motifs is 1. The summed E-state index contributed by atoms with van der Waals surface area (Å²) in [6.07, 6.45) is 3.67. The second-order valence-electron chi connectivity index (χ2n) is 4.68. The van der Waals surface area contributed by atoms with Crippen LogP contribution >= 0.6 is 0 Å². The van der Waals surface area contributed by atoms with E-state index in [0.717, 1.165) is 0 Å². The standard InChI is InChI=1S/C17H15N/c1-12-3-4-16-11-15(5-6-17(16)13(12)2)14-7-9-18-10-8-14/h3-11H,1-2H3. The zero-order valence-corrected chi connectivity index (χ0v) is 10.6. The van der Waals surface area contributed by atoms with Crippen molar-refractivity contribution in [3.8, 4) is 11.1 Å². The molecule has 1 heteroatoms. The third-order valence-electron chi connectivity index (χ3n) is 3.57. The van der Waals surface area contributed by atoms with E-state index < -0.39 is 0 Å². The molecule has 0 aliphatic carbocycles. The molecule has 18 heavy (non-hydrogen) atoms. The fourth-order valence-electron chi connectivity index (χ4n) is 2.32. The van der Waals surface area contributed by atoms with Crippen LogP contribution in [0.2, 0.25) is 0 Å². The summed E-state index contributed by atoms with van der Waals surface area (Å²) in [5.41, 5.74) is 5.17. The van der Waals surface area contributed by atoms with Gasteiger partial charge in [0.15, 0.2) is 0 Å². The molecule has 88 valence electrons. The van der Waals surface area contributed by atoms with E-state index in [4.69, 9.17) is 0 Å². The van der Waals surface area contributed by atoms with Crippen LogP contribution in [0.1, 0.15) is 11.1 Å². The van der Waals surface area contributed by atoms with Crippen LogP contribution in [-0.2, 0) is 0 Å². The fraction of sp³-hybridized carbons (Fsp3) is 0.118. The molecule has 2 aromatic carbocycles. The monoisotopic (exact) mass is 233 g/mol. The zero-order valence-electron chi connectivity index (χ0n) is 10.6. The van der Waals surface area contributed by atoms with Gasteiger partial charge in [-0.25, -0.2) is 0 Å². The van der Waals surface area contributed by atoms with Crippen molar-refractivity contribution >= 4 is 10.8 Å². The van der Waals surface area contributed by atoms with Crippen LogP contribution in [0.15, 0.2) is 54.9 Å². The van der Waals surface area contributed by atoms with Crippen LogP contribution in [0, 0.1) is 13.8 Å². The maximum atomic E-state index is 4.06. The number of hydrogen-bond acceptors (Lipinski definition) is 1. The minimum Gasteiger partial charge on any atom is -0.265 e. The van der Waals surface area contributed by atoms with Crippen molar-refractivity contribution in [1.29, 1.82) is 0 Å². The number of benzene rings is 2. The molecule has 1 aromatic heterocycles. The smallest absolute Gasteiger partial charge is 0.0273 e. The highest BCUT2D eigenvalue weighted by molar-refractivity contribution is 5.90. The molecule has 0 radical (unpaired) electrons. The van der Waals surface area contributed by atoms with Gasteiger partial charge in [0.25, 0.3) is 0 Å². The minimum atomic E-state index is 1.21. The van der Waals surface area contributed by atoms with Crippen molar-refractivity contribution in [2.45, 2.75) is 13.8 Å². The van der Waals surface area contributed by atoms with Gasteiger partial charge in [-0.05, 0) is 65.1 Å². The van der Waals surface area contributed by atoms with E-state index >= 15 is 0 Å². The molecule has 0 N–H and O–H groups in total. The molecular weight excluding hydrogens is 218 g/mol. The molecule has 1 heterocycles. The van der Waals surface area contributed by atoms with Gasteiger partial charge in [0, 0.05) is 12.4 Å². The van der Waals surface area contributed by atoms with Gasteiger partial charge in [0.1, 0.15) is 0 Å². The summed E-state index contributed by atoms with van der Waals surface area (Å²) in [5, 5.41) is 2.64. The topological polar surface area (TPSA) is 12.9 Å². The predicted octanol–water partition coefficient (Wildman–Crippen LogP) is 4.52. The summed E-state index contributed by atoms with van der Waals surface area (Å²) in [7, 11) is 0. The van der Waals surface area contributed by atoms with Crippen LogP contribution < -0.4 is 0 Å². The molecule has 3 aromatic rings. The average molecular weight is 233 g/mol. The Bertz CT molecular complexity index is 699. The van der Waals surface area contributed by atoms with Crippen molar-refractivity contribution < 1.29 is 0 Å². The lowest BCUT2D eigenvalue weighted by molar-refractivity contribution is 1.33. The van der Waals surface area contributed by atoms with E-state index in [1.54, 1.807) is 0 Å². The molecule has 0 spiro atoms. The number of pyridine rings is 1. The van der Waals surface area contributed by atoms with Gasteiger partial charge < -0.3 is 0 Å². The van der Waals surface area contributed by atoms with Gasteiger partial charge in [0.2, 0.25) is 0 Å². The first-order valence-electron chi connectivity index (χ1n) is 6.16. The van der Waals surface area contributed by atoms with Crippen molar-refractivity contribution in [1.82, 2.24) is 4.98 Å². The average Bonchev–Trinajstić information content (AvgIpc) is 2.44. The zero-order chi connectivity index (χ0) is 12.5. The highest BCUT2D eigenvalue weighted by atomic mass is 14.6. The van der Waals surface area contributed by atoms with E-state index in [-0.39, 0.29) is 0 Å². The first-order chi connectivity index (χ1) is 8.75. The summed E-state index contributed by atoms with van der Waals surface area (Å²) in [6.45, 7) is 4.34. The van der Waals surface area contributed by atoms with Crippen LogP contribution in [0.3, 0.4) is 0 Å². The van der Waals surface area contributed by atoms with E-state index in [2.05, 4.69) is 49.2 Å². The molecule has 1 nitrogen and oxygen atoms in total. The van der Waals surface area contributed by atoms with Crippen molar-refractivity contribution in [2.24, 2.45) is 0 Å². The van der Waals surface area contributed by atoms with E-state index in [1.165, 1.54) is 33.0 Å². The van der Waals surface area contributed by atoms with Gasteiger partial charge in [0.05, 0.1) is 0 Å². The van der Waals surface area contributed by atoms with E-state index in [1.807, 2.05) is 24.5 Å². The summed E-state index contributed by atoms with van der Waals surface area (Å²) in [4.78, 5) is 4.06. The van der Waals surface area contributed by atoms with E-state index in [0.29, 0.717) is 0 Å². The van der Waals surface area contributed by atoms with Gasteiger partial charge in [-0.15, -0.1) is 0 Å². The van der Waals surface area contributed by atoms with Crippen LogP contribution in [0.4, 0.5) is 0 Å². The molecule has 3 rings (SSSR count). The van der Waals surface area contributed by atoms with Crippen LogP contribution in [0.5, 0.6) is 0 Å². The molecule has 0 aliphatic heterocycles. The first-order valence-corrected chi connectivity index (χ1v) is 6.16. The first kappa shape index (κ1) is 11.0. The Balaban J connectivity index is 2.21. The third-order valence-corrected chi connectivity index (χ3v) is 3.57. The van der Waals surface area contributed by atoms with Gasteiger partial charge in [-0.2, -0.15) is 0 Å². The lowest BCUT2D eigenvalue weighted by atomic mass is 9.97. The molecule has 0 unspecified atom stereocenters. The Morgan fingerprint density at radius 1 is 0.778 bits per heavy atom. The Morgan fingerprint density at radius 2 is 1.56 bits per heavy atom. The Kier molecular flexibility index (Phi) is 2.60. The summed E-state index contributed by atoms with van der Waals surface area (Å²) in [5.74, 6) is 0. The third kappa shape index (κ3) is 1.78. The highest BCUT2D eigenvalue weighted by Crippen LogP contribution is 2.27. The SMILES string of the molecule is Cc1ccc2cc(-c3ccncc3)ccc2c1C. The van der Waals surface area contributed by atoms with Crippen LogP contribution in [-0.4, -0.2) is 4.98 Å². The maximum absolute atomic E-state index is 4.06. The normalized spacial score (nSPS) is 10.8. The molecule has 0 aliphatic rings. The minimum absolute atomic E-state index is 1.21. The molecule has 0 saturated carbocycles. The molecule has 0 saturated heterocycles. The molecular formula is C17H15N. The molecule has 0 amide bonds. The molecule has 0 bridgehead atoms. The predicted molar refractivity (Wildman–Crippen MR) is 76.7 cm³/mol. The quantitative estimate of drug-likeness (QED) is 0.602. The van der Waals surface area contributed by atoms with Gasteiger partial charge in [-0.3, -0.25) is 4.98 Å². The molecule has 0 fully saturated rings. The van der Waals surface area contributed by atoms with Gasteiger partial charge in [-0.1, -0.05) is 24.3 Å². The fourth-order valence-corrected chi connectivity index (χ4v) is 2.32. The summed E-state index contributed by atoms with van der Waals surface area (Å²) in [6, 6.07) is 15.1. The Morgan fingerprint density at radius 3 is 2.33 bits per heavy atom. The number of nitrogens with zero attached hydrogens (tertiary/aromatic N) is 1. The van der Waals surface area contributed by atoms with Gasteiger partial charge >= 0.3 is 0 Å². The van der Waals surface area contributed by atoms with Crippen LogP contribution in [0.25, 0.3) is 21.9 Å². The summed E-state index contributed by atoms with van der Waals surface area (Å²) >= 11 is 0. The van der Waals surface area contributed by atoms with Crippen molar-refractivity contribution in [3.63, 3.8) is 0 Å². The number of hydrogen-bond donors (Lipinski definition) is 0. The lowest BCUT2D eigenvalue weighted by Crippen LogP contribution is -1.85. The number of aryl methyl sites for hydroxylation is 2. The summed E-state index contributed by atoms with van der Waals surface area (Å²) < 4.78 is 0. The van der Waals surface area contributed by atoms with Crippen molar-refractivity contribution in [2.75, 3.05) is 0 Å². The number of rotatable bonds is 1. The maximum Gasteiger partial charge on any atom is 0.0273 e. The van der Waals surface area contributed by atoms with Crippen molar-refractivity contribution in [3.05, 3.63) is 66.0 Å².